The summed E-state index contributed by atoms with van der Waals surface area (Å²) in [6.45, 7) is 2.56. The topological polar surface area (TPSA) is 65.2 Å². The zero-order valence-electron chi connectivity index (χ0n) is 12.1. The molecule has 0 spiro atoms. The van der Waals surface area contributed by atoms with Gasteiger partial charge in [0.25, 0.3) is 10.0 Å². The molecule has 1 atom stereocenters. The highest BCUT2D eigenvalue weighted by molar-refractivity contribution is 7.92. The largest absolute Gasteiger partial charge is 0.363 e. The van der Waals surface area contributed by atoms with Crippen LogP contribution in [0.5, 0.6) is 0 Å². The standard InChI is InChI=1S/C15H19N3O2S/c1-11-7-12-5-3-4-6-15(12)18(11)21(19,20)14-8-13(9-16-2)17-10-14/h3-6,8,10-11,16-17H,7,9H2,1-2H3. The second kappa shape index (κ2) is 5.20. The van der Waals surface area contributed by atoms with Crippen molar-refractivity contribution in [3.05, 3.63) is 47.8 Å². The Labute approximate surface area is 125 Å². The van der Waals surface area contributed by atoms with Gasteiger partial charge in [-0.2, -0.15) is 0 Å². The third kappa shape index (κ3) is 2.34. The van der Waals surface area contributed by atoms with Gasteiger partial charge in [0.05, 0.1) is 5.69 Å². The third-order valence-electron chi connectivity index (χ3n) is 3.79. The van der Waals surface area contributed by atoms with Crippen LogP contribution in [-0.4, -0.2) is 26.5 Å². The quantitative estimate of drug-likeness (QED) is 0.906. The van der Waals surface area contributed by atoms with Crippen LogP contribution in [0, 0.1) is 0 Å². The fourth-order valence-electron chi connectivity index (χ4n) is 2.88. The Bertz CT molecular complexity index is 752. The Morgan fingerprint density at radius 2 is 2.14 bits per heavy atom. The molecule has 0 fully saturated rings. The maximum absolute atomic E-state index is 12.9. The molecule has 0 aliphatic carbocycles. The minimum Gasteiger partial charge on any atom is -0.363 e. The highest BCUT2D eigenvalue weighted by Crippen LogP contribution is 2.36. The van der Waals surface area contributed by atoms with Crippen molar-refractivity contribution in [2.24, 2.45) is 0 Å². The lowest BCUT2D eigenvalue weighted by atomic mass is 10.1. The number of anilines is 1. The van der Waals surface area contributed by atoms with Gasteiger partial charge in [-0.25, -0.2) is 8.42 Å². The minimum absolute atomic E-state index is 0.0601. The van der Waals surface area contributed by atoms with E-state index >= 15 is 0 Å². The molecule has 2 N–H and O–H groups in total. The lowest BCUT2D eigenvalue weighted by molar-refractivity contribution is 0.584. The van der Waals surface area contributed by atoms with Crippen LogP contribution >= 0.6 is 0 Å². The van der Waals surface area contributed by atoms with Crippen LogP contribution in [0.25, 0.3) is 0 Å². The molecule has 0 saturated carbocycles. The van der Waals surface area contributed by atoms with Crippen LogP contribution in [0.4, 0.5) is 5.69 Å². The van der Waals surface area contributed by atoms with E-state index < -0.39 is 10.0 Å². The smallest absolute Gasteiger partial charge is 0.266 e. The highest BCUT2D eigenvalue weighted by Gasteiger charge is 2.36. The number of H-pyrrole nitrogens is 1. The Hall–Kier alpha value is -1.79. The first-order valence-electron chi connectivity index (χ1n) is 6.98. The molecular weight excluding hydrogens is 286 g/mol. The number of nitrogens with zero attached hydrogens (tertiary/aromatic N) is 1. The first kappa shape index (κ1) is 14.2. The monoisotopic (exact) mass is 305 g/mol. The Balaban J connectivity index is 2.01. The Morgan fingerprint density at radius 1 is 1.38 bits per heavy atom. The number of hydrogen-bond donors (Lipinski definition) is 2. The summed E-state index contributed by atoms with van der Waals surface area (Å²) in [5, 5.41) is 3.00. The van der Waals surface area contributed by atoms with Gasteiger partial charge in [0.15, 0.2) is 0 Å². The molecule has 21 heavy (non-hydrogen) atoms. The van der Waals surface area contributed by atoms with Crippen LogP contribution in [0.1, 0.15) is 18.2 Å². The molecule has 0 amide bonds. The molecule has 112 valence electrons. The second-order valence-corrected chi connectivity index (χ2v) is 7.19. The molecule has 1 aromatic heterocycles. The van der Waals surface area contributed by atoms with Crippen molar-refractivity contribution in [3.63, 3.8) is 0 Å². The van der Waals surface area contributed by atoms with E-state index in [1.165, 1.54) is 4.31 Å². The molecule has 3 rings (SSSR count). The van der Waals surface area contributed by atoms with Crippen LogP contribution in [0.2, 0.25) is 0 Å². The Kier molecular flexibility index (Phi) is 3.51. The van der Waals surface area contributed by atoms with Crippen molar-refractivity contribution in [3.8, 4) is 0 Å². The van der Waals surface area contributed by atoms with Crippen molar-refractivity contribution in [2.45, 2.75) is 30.8 Å². The number of benzene rings is 1. The maximum Gasteiger partial charge on any atom is 0.266 e. The van der Waals surface area contributed by atoms with Gasteiger partial charge < -0.3 is 10.3 Å². The number of para-hydroxylation sites is 1. The van der Waals surface area contributed by atoms with Crippen LogP contribution in [0.15, 0.2) is 41.4 Å². The average molecular weight is 305 g/mol. The number of sulfonamides is 1. The molecule has 2 aromatic rings. The van der Waals surface area contributed by atoms with Crippen LogP contribution in [-0.2, 0) is 23.0 Å². The Morgan fingerprint density at radius 3 is 2.90 bits per heavy atom. The number of hydrogen-bond acceptors (Lipinski definition) is 3. The van der Waals surface area contributed by atoms with Gasteiger partial charge in [-0.05, 0) is 38.1 Å². The molecular formula is C15H19N3O2S. The molecule has 1 unspecified atom stereocenters. The van der Waals surface area contributed by atoms with Crippen molar-refractivity contribution in [2.75, 3.05) is 11.4 Å². The van der Waals surface area contributed by atoms with Crippen molar-refractivity contribution < 1.29 is 8.42 Å². The van der Waals surface area contributed by atoms with E-state index in [4.69, 9.17) is 0 Å². The summed E-state index contributed by atoms with van der Waals surface area (Å²) in [7, 11) is -1.70. The zero-order valence-corrected chi connectivity index (χ0v) is 12.9. The number of nitrogens with one attached hydrogen (secondary N) is 2. The second-order valence-electron chi connectivity index (χ2n) is 5.37. The lowest BCUT2D eigenvalue weighted by Gasteiger charge is -2.23. The van der Waals surface area contributed by atoms with E-state index in [-0.39, 0.29) is 6.04 Å². The fraction of sp³-hybridized carbons (Fsp3) is 0.333. The SMILES string of the molecule is CNCc1cc(S(=O)(=O)N2c3ccccc3CC2C)c[nH]1. The number of rotatable bonds is 4. The zero-order chi connectivity index (χ0) is 15.0. The van der Waals surface area contributed by atoms with Crippen LogP contribution < -0.4 is 9.62 Å². The van der Waals surface area contributed by atoms with Gasteiger partial charge >= 0.3 is 0 Å². The average Bonchev–Trinajstić information content (AvgIpc) is 3.02. The molecule has 0 bridgehead atoms. The summed E-state index contributed by atoms with van der Waals surface area (Å²) in [6.07, 6.45) is 2.32. The van der Waals surface area contributed by atoms with Gasteiger partial charge in [-0.15, -0.1) is 0 Å². The van der Waals surface area contributed by atoms with Crippen LogP contribution in [0.3, 0.4) is 0 Å². The van der Waals surface area contributed by atoms with Gasteiger partial charge in [0, 0.05) is 24.5 Å². The van der Waals surface area contributed by atoms with E-state index in [0.29, 0.717) is 11.4 Å². The van der Waals surface area contributed by atoms with Gasteiger partial charge in [0.1, 0.15) is 4.90 Å². The molecule has 1 aromatic carbocycles. The molecule has 0 saturated heterocycles. The summed E-state index contributed by atoms with van der Waals surface area (Å²) in [5.74, 6) is 0. The predicted octanol–water partition coefficient (Wildman–Crippen LogP) is 1.87. The van der Waals surface area contributed by atoms with Gasteiger partial charge in [-0.3, -0.25) is 4.31 Å². The first-order valence-corrected chi connectivity index (χ1v) is 8.42. The normalized spacial score (nSPS) is 18.0. The molecule has 5 nitrogen and oxygen atoms in total. The van der Waals surface area contributed by atoms with Crippen molar-refractivity contribution >= 4 is 15.7 Å². The summed E-state index contributed by atoms with van der Waals surface area (Å²) in [5.41, 5.74) is 2.73. The first-order chi connectivity index (χ1) is 10.0. The predicted molar refractivity (Wildman–Crippen MR) is 82.8 cm³/mol. The summed E-state index contributed by atoms with van der Waals surface area (Å²) >= 11 is 0. The molecule has 1 aliphatic rings. The number of fused-ring (bicyclic) bond motifs is 1. The van der Waals surface area contributed by atoms with Crippen molar-refractivity contribution in [1.29, 1.82) is 0 Å². The van der Waals surface area contributed by atoms with Gasteiger partial charge in [0.2, 0.25) is 0 Å². The van der Waals surface area contributed by atoms with E-state index in [1.54, 1.807) is 12.3 Å². The molecule has 0 radical (unpaired) electrons. The molecule has 6 heteroatoms. The lowest BCUT2D eigenvalue weighted by Crippen LogP contribution is -2.35. The number of aromatic amines is 1. The summed E-state index contributed by atoms with van der Waals surface area (Å²) in [6, 6.07) is 9.32. The highest BCUT2D eigenvalue weighted by atomic mass is 32.2. The van der Waals surface area contributed by atoms with Gasteiger partial charge in [-0.1, -0.05) is 18.2 Å². The summed E-state index contributed by atoms with van der Waals surface area (Å²) < 4.78 is 27.4. The molecule has 2 heterocycles. The van der Waals surface area contributed by atoms with E-state index in [0.717, 1.165) is 23.4 Å². The molecule has 1 aliphatic heterocycles. The third-order valence-corrected chi connectivity index (χ3v) is 5.69. The van der Waals surface area contributed by atoms with E-state index in [2.05, 4.69) is 10.3 Å². The van der Waals surface area contributed by atoms with Crippen molar-refractivity contribution in [1.82, 2.24) is 10.3 Å². The fourth-order valence-corrected chi connectivity index (χ4v) is 4.59. The number of aromatic nitrogens is 1. The maximum atomic E-state index is 12.9. The summed E-state index contributed by atoms with van der Waals surface area (Å²) in [4.78, 5) is 3.32. The van der Waals surface area contributed by atoms with E-state index in [1.807, 2.05) is 38.2 Å². The minimum atomic E-state index is -3.52. The van der Waals surface area contributed by atoms with E-state index in [9.17, 15) is 8.42 Å².